The third-order valence-electron chi connectivity index (χ3n) is 4.77. The van der Waals surface area contributed by atoms with E-state index >= 15 is 0 Å². The van der Waals surface area contributed by atoms with Gasteiger partial charge in [0.1, 0.15) is 0 Å². The van der Waals surface area contributed by atoms with E-state index in [2.05, 4.69) is 47.7 Å². The molecule has 0 spiro atoms. The lowest BCUT2D eigenvalue weighted by Gasteiger charge is -2.38. The van der Waals surface area contributed by atoms with Gasteiger partial charge in [-0.3, -0.25) is 0 Å². The second kappa shape index (κ2) is 10.00. The van der Waals surface area contributed by atoms with Crippen LogP contribution in [0.25, 0.3) is 0 Å². The molecule has 0 saturated carbocycles. The fourth-order valence-corrected chi connectivity index (χ4v) is 3.78. The van der Waals surface area contributed by atoms with Crippen molar-refractivity contribution >= 4 is 8.32 Å². The first kappa shape index (κ1) is 20.2. The lowest BCUT2D eigenvalue weighted by Crippen LogP contribution is -2.43. The molecule has 0 aliphatic heterocycles. The van der Waals surface area contributed by atoms with Gasteiger partial charge in [0.2, 0.25) is 0 Å². The molecule has 0 aliphatic rings. The van der Waals surface area contributed by atoms with Gasteiger partial charge >= 0.3 is 0 Å². The third kappa shape index (κ3) is 9.18. The Balaban J connectivity index is 3.62. The summed E-state index contributed by atoms with van der Waals surface area (Å²) in [6, 6.07) is 0. The highest BCUT2D eigenvalue weighted by molar-refractivity contribution is 6.74. The molecule has 0 fully saturated rings. The Morgan fingerprint density at radius 3 is 1.75 bits per heavy atom. The molecule has 0 heterocycles. The summed E-state index contributed by atoms with van der Waals surface area (Å²) in [5.41, 5.74) is 0. The summed E-state index contributed by atoms with van der Waals surface area (Å²) >= 11 is 0. The van der Waals surface area contributed by atoms with Gasteiger partial charge in [-0.15, -0.1) is 0 Å². The van der Waals surface area contributed by atoms with Crippen molar-refractivity contribution in [2.75, 3.05) is 0 Å². The van der Waals surface area contributed by atoms with Gasteiger partial charge in [-0.2, -0.15) is 0 Å². The van der Waals surface area contributed by atoms with E-state index in [9.17, 15) is 0 Å². The van der Waals surface area contributed by atoms with Crippen molar-refractivity contribution < 1.29 is 4.43 Å². The van der Waals surface area contributed by atoms with Crippen LogP contribution in [0.15, 0.2) is 0 Å². The molecule has 0 aromatic rings. The Labute approximate surface area is 130 Å². The zero-order chi connectivity index (χ0) is 15.6. The average Bonchev–Trinajstić information content (AvgIpc) is 2.30. The molecule has 0 aromatic heterocycles. The molecule has 0 rings (SSSR count). The molecule has 0 N–H and O–H groups in total. The van der Waals surface area contributed by atoms with Gasteiger partial charge in [0.25, 0.3) is 0 Å². The second-order valence-electron chi connectivity index (χ2n) is 7.95. The van der Waals surface area contributed by atoms with Crippen molar-refractivity contribution in [1.29, 1.82) is 0 Å². The Morgan fingerprint density at radius 1 is 0.850 bits per heavy atom. The van der Waals surface area contributed by atoms with Crippen molar-refractivity contribution in [2.24, 2.45) is 0 Å². The Morgan fingerprint density at radius 2 is 1.30 bits per heavy atom. The van der Waals surface area contributed by atoms with E-state index in [-0.39, 0.29) is 0 Å². The van der Waals surface area contributed by atoms with Crippen LogP contribution in [0.1, 0.15) is 92.4 Å². The summed E-state index contributed by atoms with van der Waals surface area (Å²) in [5.74, 6) is 0. The van der Waals surface area contributed by atoms with E-state index in [4.69, 9.17) is 4.43 Å². The van der Waals surface area contributed by atoms with E-state index in [0.29, 0.717) is 11.1 Å². The highest BCUT2D eigenvalue weighted by Crippen LogP contribution is 2.37. The molecule has 0 bridgehead atoms. The predicted octanol–water partition coefficient (Wildman–Crippen LogP) is 6.93. The third-order valence-corrected chi connectivity index (χ3v) is 9.37. The zero-order valence-corrected chi connectivity index (χ0v) is 16.3. The molecule has 0 saturated heterocycles. The minimum atomic E-state index is -1.56. The first-order valence-electron chi connectivity index (χ1n) is 8.88. The normalized spacial score (nSPS) is 14.6. The molecule has 0 aromatic carbocycles. The van der Waals surface area contributed by atoms with Gasteiger partial charge in [-0.25, -0.2) is 0 Å². The van der Waals surface area contributed by atoms with Crippen LogP contribution in [-0.2, 0) is 4.43 Å². The maximum Gasteiger partial charge on any atom is 0.192 e. The van der Waals surface area contributed by atoms with E-state index in [1.54, 1.807) is 0 Å². The van der Waals surface area contributed by atoms with Crippen LogP contribution >= 0.6 is 0 Å². The molecule has 0 amide bonds. The Bertz CT molecular complexity index is 230. The fraction of sp³-hybridized carbons (Fsp3) is 1.00. The summed E-state index contributed by atoms with van der Waals surface area (Å²) < 4.78 is 6.40. The molecular weight excluding hydrogens is 260 g/mol. The first-order chi connectivity index (χ1) is 9.20. The smallest absolute Gasteiger partial charge is 0.192 e. The number of rotatable bonds is 11. The van der Waals surface area contributed by atoms with Crippen LogP contribution in [0.2, 0.25) is 18.1 Å². The lowest BCUT2D eigenvalue weighted by atomic mass is 10.1. The zero-order valence-electron chi connectivity index (χ0n) is 15.3. The standard InChI is InChI=1S/C18H40OSi/c1-8-9-10-11-12-13-14-15-16-17(2)19-20(6,7)18(3,4)5/h17H,8-16H2,1-7H3. The number of hydrogen-bond donors (Lipinski definition) is 0. The summed E-state index contributed by atoms with van der Waals surface area (Å²) in [6.45, 7) is 16.2. The van der Waals surface area contributed by atoms with Crippen molar-refractivity contribution in [2.45, 2.75) is 117 Å². The SMILES string of the molecule is CCCCCCCCCCC(C)O[Si](C)(C)C(C)(C)C. The van der Waals surface area contributed by atoms with Crippen LogP contribution in [0.3, 0.4) is 0 Å². The van der Waals surface area contributed by atoms with Crippen LogP contribution in [-0.4, -0.2) is 14.4 Å². The molecule has 0 radical (unpaired) electrons. The highest BCUT2D eigenvalue weighted by Gasteiger charge is 2.38. The Kier molecular flexibility index (Phi) is 10.1. The van der Waals surface area contributed by atoms with E-state index in [1.807, 2.05) is 0 Å². The molecule has 2 heteroatoms. The Hall–Kier alpha value is 0.177. The molecule has 1 unspecified atom stereocenters. The van der Waals surface area contributed by atoms with Gasteiger partial charge in [-0.1, -0.05) is 79.1 Å². The van der Waals surface area contributed by atoms with Crippen LogP contribution < -0.4 is 0 Å². The van der Waals surface area contributed by atoms with E-state index < -0.39 is 8.32 Å². The molecule has 122 valence electrons. The van der Waals surface area contributed by atoms with Gasteiger partial charge in [-0.05, 0) is 31.5 Å². The quantitative estimate of drug-likeness (QED) is 0.297. The van der Waals surface area contributed by atoms with Crippen molar-refractivity contribution in [1.82, 2.24) is 0 Å². The summed E-state index contributed by atoms with van der Waals surface area (Å²) in [6.07, 6.45) is 12.9. The maximum absolute atomic E-state index is 6.40. The molecule has 0 aliphatic carbocycles. The predicted molar refractivity (Wildman–Crippen MR) is 95.0 cm³/mol. The molecule has 20 heavy (non-hydrogen) atoms. The van der Waals surface area contributed by atoms with Gasteiger partial charge < -0.3 is 4.43 Å². The average molecular weight is 301 g/mol. The summed E-state index contributed by atoms with van der Waals surface area (Å²) in [7, 11) is -1.56. The molecular formula is C18H40OSi. The highest BCUT2D eigenvalue weighted by atomic mass is 28.4. The largest absolute Gasteiger partial charge is 0.414 e. The van der Waals surface area contributed by atoms with Gasteiger partial charge in [0.05, 0.1) is 0 Å². The topological polar surface area (TPSA) is 9.23 Å². The monoisotopic (exact) mass is 300 g/mol. The number of hydrogen-bond acceptors (Lipinski definition) is 1. The van der Waals surface area contributed by atoms with Crippen LogP contribution in [0.4, 0.5) is 0 Å². The fourth-order valence-electron chi connectivity index (χ4n) is 2.30. The van der Waals surface area contributed by atoms with Crippen molar-refractivity contribution in [3.05, 3.63) is 0 Å². The molecule has 1 atom stereocenters. The van der Waals surface area contributed by atoms with Crippen LogP contribution in [0, 0.1) is 0 Å². The maximum atomic E-state index is 6.40. The first-order valence-corrected chi connectivity index (χ1v) is 11.8. The summed E-state index contributed by atoms with van der Waals surface area (Å²) in [4.78, 5) is 0. The van der Waals surface area contributed by atoms with Crippen molar-refractivity contribution in [3.8, 4) is 0 Å². The van der Waals surface area contributed by atoms with Gasteiger partial charge in [0.15, 0.2) is 8.32 Å². The minimum Gasteiger partial charge on any atom is -0.414 e. The van der Waals surface area contributed by atoms with E-state index in [1.165, 1.54) is 57.8 Å². The van der Waals surface area contributed by atoms with E-state index in [0.717, 1.165) is 0 Å². The minimum absolute atomic E-state index is 0.334. The lowest BCUT2D eigenvalue weighted by molar-refractivity contribution is 0.185. The summed E-state index contributed by atoms with van der Waals surface area (Å²) in [5, 5.41) is 0.334. The number of unbranched alkanes of at least 4 members (excludes halogenated alkanes) is 7. The van der Waals surface area contributed by atoms with Crippen LogP contribution in [0.5, 0.6) is 0 Å². The second-order valence-corrected chi connectivity index (χ2v) is 12.7. The molecule has 1 nitrogen and oxygen atoms in total. The van der Waals surface area contributed by atoms with Gasteiger partial charge in [0, 0.05) is 6.10 Å². The van der Waals surface area contributed by atoms with Crippen molar-refractivity contribution in [3.63, 3.8) is 0 Å².